The van der Waals surface area contributed by atoms with Crippen LogP contribution in [0, 0.1) is 0 Å². The molecule has 1 aromatic heterocycles. The molecule has 1 aliphatic heterocycles. The number of pyridine rings is 1. The molecule has 0 spiro atoms. The highest BCUT2D eigenvalue weighted by Gasteiger charge is 2.35. The van der Waals surface area contributed by atoms with Crippen molar-refractivity contribution in [1.82, 2.24) is 0 Å². The maximum absolute atomic E-state index is 5.58. The number of aromatic amines is 1. The molecule has 2 nitrogen and oxygen atoms in total. The van der Waals surface area contributed by atoms with Gasteiger partial charge in [-0.2, -0.15) is 0 Å². The lowest BCUT2D eigenvalue weighted by molar-refractivity contribution is -0.379. The Kier molecular flexibility index (Phi) is 3.02. The second-order valence-corrected chi connectivity index (χ2v) is 4.57. The van der Waals surface area contributed by atoms with Crippen molar-refractivity contribution in [3.8, 4) is 5.75 Å². The summed E-state index contributed by atoms with van der Waals surface area (Å²) in [6.45, 7) is 5.12. The second kappa shape index (κ2) is 3.58. The zero-order valence-electron chi connectivity index (χ0n) is 7.53. The minimum atomic E-state index is 0. The van der Waals surface area contributed by atoms with Gasteiger partial charge in [0.15, 0.2) is 12.4 Å². The van der Waals surface area contributed by atoms with Gasteiger partial charge in [-0.15, -0.1) is 0 Å². The van der Waals surface area contributed by atoms with Crippen LogP contribution >= 0.6 is 15.9 Å². The Morgan fingerprint density at radius 1 is 1.46 bits per heavy atom. The molecule has 2 heterocycles. The van der Waals surface area contributed by atoms with E-state index in [2.05, 4.69) is 34.8 Å². The van der Waals surface area contributed by atoms with Gasteiger partial charge in [0.2, 0.25) is 0 Å². The Balaban J connectivity index is 0.000000845. The minimum absolute atomic E-state index is 0. The zero-order chi connectivity index (χ0) is 8.77. The van der Waals surface area contributed by atoms with E-state index in [4.69, 9.17) is 4.74 Å². The van der Waals surface area contributed by atoms with Crippen LogP contribution in [0.25, 0.3) is 0 Å². The standard InChI is InChI=1S/C9H10BrNO.BrH/c1-9(2)5-12-8-6(9)3-11-4-7(8)10;/h3-4H,5H2,1-2H3;1H. The molecule has 0 saturated carbocycles. The van der Waals surface area contributed by atoms with Gasteiger partial charge in [-0.1, -0.05) is 13.8 Å². The first-order valence-corrected chi connectivity index (χ1v) is 4.73. The van der Waals surface area contributed by atoms with E-state index in [9.17, 15) is 0 Å². The molecular formula is C9H11Br2NO. The molecule has 0 radical (unpaired) electrons. The molecule has 0 unspecified atom stereocenters. The summed E-state index contributed by atoms with van der Waals surface area (Å²) in [4.78, 5) is 3.09. The molecule has 0 aromatic carbocycles. The molecule has 4 heteroatoms. The number of rotatable bonds is 0. The molecule has 0 atom stereocenters. The van der Waals surface area contributed by atoms with E-state index in [1.165, 1.54) is 5.56 Å². The Morgan fingerprint density at radius 2 is 2.15 bits per heavy atom. The van der Waals surface area contributed by atoms with Crippen LogP contribution in [0.5, 0.6) is 5.75 Å². The lowest BCUT2D eigenvalue weighted by Crippen LogP contribution is -3.00. The molecule has 0 amide bonds. The lowest BCUT2D eigenvalue weighted by atomic mass is 9.88. The minimum Gasteiger partial charge on any atom is -1.00 e. The number of hydrogen-bond acceptors (Lipinski definition) is 1. The summed E-state index contributed by atoms with van der Waals surface area (Å²) in [5.41, 5.74) is 1.38. The molecule has 1 aromatic rings. The van der Waals surface area contributed by atoms with Crippen molar-refractivity contribution in [3.63, 3.8) is 0 Å². The van der Waals surface area contributed by atoms with Crippen LogP contribution in [0.15, 0.2) is 16.9 Å². The monoisotopic (exact) mass is 307 g/mol. The van der Waals surface area contributed by atoms with Gasteiger partial charge in [0.05, 0.1) is 12.2 Å². The number of H-pyrrole nitrogens is 1. The number of halogens is 2. The molecule has 0 fully saturated rings. The summed E-state index contributed by atoms with van der Waals surface area (Å²) in [6.07, 6.45) is 3.90. The third kappa shape index (κ3) is 1.74. The highest BCUT2D eigenvalue weighted by Crippen LogP contribution is 2.41. The lowest BCUT2D eigenvalue weighted by Gasteiger charge is -2.12. The summed E-state index contributed by atoms with van der Waals surface area (Å²) in [6, 6.07) is 0. The first kappa shape index (κ1) is 11.0. The van der Waals surface area contributed by atoms with Gasteiger partial charge in [0, 0.05) is 5.41 Å². The van der Waals surface area contributed by atoms with Gasteiger partial charge < -0.3 is 21.7 Å². The average molecular weight is 309 g/mol. The first-order valence-electron chi connectivity index (χ1n) is 3.94. The molecule has 2 rings (SSSR count). The van der Waals surface area contributed by atoms with Crippen molar-refractivity contribution >= 4 is 15.9 Å². The van der Waals surface area contributed by atoms with Gasteiger partial charge in [0.25, 0.3) is 0 Å². The zero-order valence-corrected chi connectivity index (χ0v) is 10.7. The summed E-state index contributed by atoms with van der Waals surface area (Å²) in [7, 11) is 0. The maximum Gasteiger partial charge on any atom is 0.185 e. The van der Waals surface area contributed by atoms with E-state index in [0.717, 1.165) is 16.8 Å². The molecule has 1 N–H and O–H groups in total. The predicted octanol–water partition coefficient (Wildman–Crippen LogP) is -1.06. The summed E-state index contributed by atoms with van der Waals surface area (Å²) < 4.78 is 6.58. The molecule has 0 saturated heterocycles. The quantitative estimate of drug-likeness (QED) is 0.599. The Morgan fingerprint density at radius 3 is 2.77 bits per heavy atom. The smallest absolute Gasteiger partial charge is 0.185 e. The van der Waals surface area contributed by atoms with Crippen molar-refractivity contribution in [2.75, 3.05) is 6.61 Å². The van der Waals surface area contributed by atoms with Crippen LogP contribution < -0.4 is 26.7 Å². The molecule has 1 aliphatic rings. The Bertz CT molecular complexity index is 325. The van der Waals surface area contributed by atoms with E-state index in [0.29, 0.717) is 0 Å². The highest BCUT2D eigenvalue weighted by molar-refractivity contribution is 9.10. The summed E-state index contributed by atoms with van der Waals surface area (Å²) >= 11 is 3.44. The van der Waals surface area contributed by atoms with E-state index in [1.807, 2.05) is 12.4 Å². The van der Waals surface area contributed by atoms with Crippen molar-refractivity contribution in [3.05, 3.63) is 22.4 Å². The van der Waals surface area contributed by atoms with E-state index in [1.54, 1.807) is 0 Å². The molecule has 0 bridgehead atoms. The van der Waals surface area contributed by atoms with Crippen LogP contribution in [-0.2, 0) is 5.41 Å². The number of hydrogen-bond donors (Lipinski definition) is 0. The van der Waals surface area contributed by atoms with Crippen LogP contribution in [0.2, 0.25) is 0 Å². The van der Waals surface area contributed by atoms with Gasteiger partial charge in [-0.3, -0.25) is 0 Å². The number of nitrogens with one attached hydrogen (secondary N) is 1. The summed E-state index contributed by atoms with van der Waals surface area (Å²) in [5, 5.41) is 0. The van der Waals surface area contributed by atoms with Crippen LogP contribution in [0.1, 0.15) is 19.4 Å². The van der Waals surface area contributed by atoms with Crippen molar-refractivity contribution < 1.29 is 26.7 Å². The fourth-order valence-electron chi connectivity index (χ4n) is 1.44. The van der Waals surface area contributed by atoms with Gasteiger partial charge in [-0.25, -0.2) is 4.98 Å². The Labute approximate surface area is 96.6 Å². The number of fused-ring (bicyclic) bond motifs is 1. The average Bonchev–Trinajstić information content (AvgIpc) is 2.30. The van der Waals surface area contributed by atoms with E-state index in [-0.39, 0.29) is 22.4 Å². The fourth-order valence-corrected chi connectivity index (χ4v) is 1.90. The van der Waals surface area contributed by atoms with E-state index < -0.39 is 0 Å². The third-order valence-electron chi connectivity index (χ3n) is 2.21. The van der Waals surface area contributed by atoms with Crippen LogP contribution in [-0.4, -0.2) is 6.61 Å². The second-order valence-electron chi connectivity index (χ2n) is 3.72. The first-order chi connectivity index (χ1) is 5.61. The van der Waals surface area contributed by atoms with Crippen molar-refractivity contribution in [2.45, 2.75) is 19.3 Å². The third-order valence-corrected chi connectivity index (χ3v) is 2.79. The van der Waals surface area contributed by atoms with E-state index >= 15 is 0 Å². The molecule has 13 heavy (non-hydrogen) atoms. The van der Waals surface area contributed by atoms with Crippen molar-refractivity contribution in [1.29, 1.82) is 0 Å². The molecular weight excluding hydrogens is 298 g/mol. The topological polar surface area (TPSA) is 23.4 Å². The number of ether oxygens (including phenoxy) is 1. The highest BCUT2D eigenvalue weighted by atomic mass is 79.9. The molecule has 0 aliphatic carbocycles. The normalized spacial score (nSPS) is 17.2. The number of aromatic nitrogens is 1. The van der Waals surface area contributed by atoms with Gasteiger partial charge >= 0.3 is 0 Å². The van der Waals surface area contributed by atoms with Gasteiger partial charge in [-0.05, 0) is 15.9 Å². The predicted molar refractivity (Wildman–Crippen MR) is 49.2 cm³/mol. The largest absolute Gasteiger partial charge is 1.00 e. The van der Waals surface area contributed by atoms with Crippen LogP contribution in [0.3, 0.4) is 0 Å². The molecule has 72 valence electrons. The van der Waals surface area contributed by atoms with Crippen molar-refractivity contribution in [2.24, 2.45) is 0 Å². The summed E-state index contributed by atoms with van der Waals surface area (Å²) in [5.74, 6) is 0.985. The van der Waals surface area contributed by atoms with Gasteiger partial charge in [0.1, 0.15) is 10.2 Å². The Hall–Kier alpha value is -0.0900. The fraction of sp³-hybridized carbons (Fsp3) is 0.444. The van der Waals surface area contributed by atoms with Crippen LogP contribution in [0.4, 0.5) is 0 Å². The SMILES string of the molecule is CC1(C)COc2c(Br)c[nH+]cc21.[Br-]. The maximum atomic E-state index is 5.58.